The molecule has 0 bridgehead atoms. The Hall–Kier alpha value is -3.48. The molecule has 206 valence electrons. The number of aryl methyl sites for hydroxylation is 1. The van der Waals surface area contributed by atoms with Crippen LogP contribution in [0.25, 0.3) is 11.2 Å². The topological polar surface area (TPSA) is 70.8 Å². The number of carbonyl (C=O) groups excluding carboxylic acids is 2. The largest absolute Gasteiger partial charge is 0.360 e. The Bertz CT molecular complexity index is 1400. The second-order valence-corrected chi connectivity index (χ2v) is 11.4. The Kier molecular flexibility index (Phi) is 7.87. The summed E-state index contributed by atoms with van der Waals surface area (Å²) in [5.74, 6) is 1.74. The molecule has 5 rings (SSSR count). The summed E-state index contributed by atoms with van der Waals surface area (Å²) in [4.78, 5) is 35.2. The molecule has 1 atom stereocenters. The molecule has 3 aromatic rings. The van der Waals surface area contributed by atoms with Crippen molar-refractivity contribution in [2.75, 3.05) is 25.0 Å². The molecule has 0 spiro atoms. The van der Waals surface area contributed by atoms with Gasteiger partial charge in [-0.25, -0.2) is 4.98 Å². The number of aromatic nitrogens is 3. The number of fused-ring (bicyclic) bond motifs is 1. The summed E-state index contributed by atoms with van der Waals surface area (Å²) in [6, 6.07) is 10.1. The minimum atomic E-state index is -0.115. The number of rotatable bonds is 10. The van der Waals surface area contributed by atoms with Gasteiger partial charge in [-0.15, -0.1) is 0 Å². The van der Waals surface area contributed by atoms with Crippen LogP contribution in [-0.2, 0) is 11.2 Å². The van der Waals surface area contributed by atoms with Crippen molar-refractivity contribution < 1.29 is 9.59 Å². The van der Waals surface area contributed by atoms with Crippen LogP contribution in [-0.4, -0.2) is 51.3 Å². The number of anilines is 1. The van der Waals surface area contributed by atoms with Gasteiger partial charge in [-0.2, -0.15) is 9.61 Å². The van der Waals surface area contributed by atoms with Gasteiger partial charge in [-0.05, 0) is 76.0 Å². The molecule has 1 aliphatic heterocycles. The third-order valence-electron chi connectivity index (χ3n) is 8.08. The number of nitrogens with zero attached hydrogens (tertiary/aromatic N) is 5. The molecule has 2 fully saturated rings. The van der Waals surface area contributed by atoms with E-state index in [-0.39, 0.29) is 17.7 Å². The van der Waals surface area contributed by atoms with E-state index in [1.165, 1.54) is 12.8 Å². The first-order valence-corrected chi connectivity index (χ1v) is 14.5. The minimum Gasteiger partial charge on any atom is -0.360 e. The molecular weight excluding hydrogens is 486 g/mol. The number of hydrogen-bond acceptors (Lipinski definition) is 5. The summed E-state index contributed by atoms with van der Waals surface area (Å²) in [5, 5.41) is 5.07. The standard InChI is InChI=1S/C32H41N5O2/c1-6-16-35(5)31-20-27(24-13-14-24)33-30-19-28(34-37(30)31)29-9-7-8-17-36(29)32(39)26-18-25(21(2)3)15-12-23(26)11-10-22(4)38/h12,15,18-20,24,29H,2,6-11,13-14,16-17H2,1,3-5H3. The van der Waals surface area contributed by atoms with Gasteiger partial charge in [0.15, 0.2) is 5.65 Å². The molecule has 1 saturated heterocycles. The van der Waals surface area contributed by atoms with Gasteiger partial charge in [0, 0.05) is 55.9 Å². The van der Waals surface area contributed by atoms with Crippen LogP contribution in [0.2, 0.25) is 0 Å². The van der Waals surface area contributed by atoms with Crippen molar-refractivity contribution in [1.82, 2.24) is 19.5 Å². The predicted molar refractivity (Wildman–Crippen MR) is 156 cm³/mol. The number of carbonyl (C=O) groups is 2. The van der Waals surface area contributed by atoms with Gasteiger partial charge in [0.05, 0.1) is 11.7 Å². The van der Waals surface area contributed by atoms with Crippen LogP contribution in [0.3, 0.4) is 0 Å². The molecule has 39 heavy (non-hydrogen) atoms. The Balaban J connectivity index is 1.53. The average Bonchev–Trinajstić information content (AvgIpc) is 3.69. The lowest BCUT2D eigenvalue weighted by atomic mass is 9.93. The van der Waals surface area contributed by atoms with Gasteiger partial charge in [-0.1, -0.05) is 31.2 Å². The first kappa shape index (κ1) is 27.1. The summed E-state index contributed by atoms with van der Waals surface area (Å²) < 4.78 is 1.97. The van der Waals surface area contributed by atoms with E-state index in [9.17, 15) is 9.59 Å². The monoisotopic (exact) mass is 527 g/mol. The summed E-state index contributed by atoms with van der Waals surface area (Å²) in [5.41, 5.74) is 6.36. The van der Waals surface area contributed by atoms with Gasteiger partial charge < -0.3 is 14.6 Å². The van der Waals surface area contributed by atoms with E-state index in [2.05, 4.69) is 37.6 Å². The maximum Gasteiger partial charge on any atom is 0.254 e. The fourth-order valence-electron chi connectivity index (χ4n) is 5.67. The van der Waals surface area contributed by atoms with Crippen LogP contribution in [0.1, 0.15) is 111 Å². The lowest BCUT2D eigenvalue weighted by molar-refractivity contribution is -0.116. The molecular formula is C32H41N5O2. The summed E-state index contributed by atoms with van der Waals surface area (Å²) in [6.45, 7) is 11.4. The Morgan fingerprint density at radius 3 is 2.56 bits per heavy atom. The number of Topliss-reactive ketones (excluding diaryl/α,β-unsaturated/α-hetero) is 1. The molecule has 0 radical (unpaired) electrons. The van der Waals surface area contributed by atoms with Crippen LogP contribution in [0.15, 0.2) is 36.9 Å². The summed E-state index contributed by atoms with van der Waals surface area (Å²) in [6.07, 6.45) is 7.30. The molecule has 1 aromatic carbocycles. The van der Waals surface area contributed by atoms with Gasteiger partial charge in [0.1, 0.15) is 11.6 Å². The van der Waals surface area contributed by atoms with Crippen molar-refractivity contribution >= 4 is 28.7 Å². The molecule has 1 saturated carbocycles. The number of hydrogen-bond donors (Lipinski definition) is 0. The molecule has 7 heteroatoms. The van der Waals surface area contributed by atoms with Crippen LogP contribution < -0.4 is 4.90 Å². The molecule has 1 unspecified atom stereocenters. The second-order valence-electron chi connectivity index (χ2n) is 11.4. The van der Waals surface area contributed by atoms with Gasteiger partial charge >= 0.3 is 0 Å². The highest BCUT2D eigenvalue weighted by atomic mass is 16.2. The van der Waals surface area contributed by atoms with Crippen molar-refractivity contribution in [2.24, 2.45) is 0 Å². The van der Waals surface area contributed by atoms with E-state index >= 15 is 0 Å². The molecule has 0 N–H and O–H groups in total. The normalized spacial score (nSPS) is 17.4. The van der Waals surface area contributed by atoms with E-state index in [1.54, 1.807) is 6.92 Å². The molecule has 2 aliphatic rings. The second kappa shape index (κ2) is 11.3. The lowest BCUT2D eigenvalue weighted by Gasteiger charge is -2.35. The average molecular weight is 528 g/mol. The molecule has 2 aromatic heterocycles. The zero-order chi connectivity index (χ0) is 27.7. The van der Waals surface area contributed by atoms with Gasteiger partial charge in [-0.3, -0.25) is 4.79 Å². The molecule has 7 nitrogen and oxygen atoms in total. The zero-order valence-electron chi connectivity index (χ0n) is 23.9. The number of piperidine rings is 1. The van der Waals surface area contributed by atoms with E-state index < -0.39 is 0 Å². The van der Waals surface area contributed by atoms with Crippen molar-refractivity contribution in [3.63, 3.8) is 0 Å². The highest BCUT2D eigenvalue weighted by molar-refractivity contribution is 5.97. The fraction of sp³-hybridized carbons (Fsp3) is 0.500. The van der Waals surface area contributed by atoms with Crippen LogP contribution >= 0.6 is 0 Å². The SMILES string of the molecule is C=C(C)c1ccc(CCC(C)=O)c(C(=O)N2CCCCC2c2cc3nc(C4CC4)cc(N(C)CCC)n3n2)c1. The summed E-state index contributed by atoms with van der Waals surface area (Å²) >= 11 is 0. The Morgan fingerprint density at radius 2 is 1.87 bits per heavy atom. The first-order valence-electron chi connectivity index (χ1n) is 14.5. The summed E-state index contributed by atoms with van der Waals surface area (Å²) in [7, 11) is 2.11. The highest BCUT2D eigenvalue weighted by Crippen LogP contribution is 2.41. The highest BCUT2D eigenvalue weighted by Gasteiger charge is 2.33. The Labute approximate surface area is 231 Å². The molecule has 3 heterocycles. The van der Waals surface area contributed by atoms with Crippen molar-refractivity contribution in [1.29, 1.82) is 0 Å². The molecule has 1 aliphatic carbocycles. The van der Waals surface area contributed by atoms with Crippen LogP contribution in [0, 0.1) is 0 Å². The maximum absolute atomic E-state index is 14.2. The number of ketones is 1. The third-order valence-corrected chi connectivity index (χ3v) is 8.08. The minimum absolute atomic E-state index is 0.00774. The lowest BCUT2D eigenvalue weighted by Crippen LogP contribution is -2.39. The van der Waals surface area contributed by atoms with E-state index in [1.807, 2.05) is 34.5 Å². The van der Waals surface area contributed by atoms with Crippen LogP contribution in [0.5, 0.6) is 0 Å². The number of amides is 1. The smallest absolute Gasteiger partial charge is 0.254 e. The zero-order valence-corrected chi connectivity index (χ0v) is 23.9. The quantitative estimate of drug-likeness (QED) is 0.306. The van der Waals surface area contributed by atoms with Crippen LogP contribution in [0.4, 0.5) is 5.82 Å². The predicted octanol–water partition coefficient (Wildman–Crippen LogP) is 6.38. The Morgan fingerprint density at radius 1 is 1.08 bits per heavy atom. The van der Waals surface area contributed by atoms with E-state index in [4.69, 9.17) is 10.1 Å². The number of allylic oxidation sites excluding steroid dienone is 1. The fourth-order valence-corrected chi connectivity index (χ4v) is 5.67. The number of likely N-dealkylation sites (tertiary alicyclic amines) is 1. The van der Waals surface area contributed by atoms with Crippen molar-refractivity contribution in [3.8, 4) is 0 Å². The maximum atomic E-state index is 14.2. The van der Waals surface area contributed by atoms with E-state index in [0.29, 0.717) is 30.9 Å². The molecule has 1 amide bonds. The van der Waals surface area contributed by atoms with E-state index in [0.717, 1.165) is 71.8 Å². The van der Waals surface area contributed by atoms with Crippen molar-refractivity contribution in [2.45, 2.75) is 84.1 Å². The number of benzene rings is 1. The third kappa shape index (κ3) is 5.77. The first-order chi connectivity index (χ1) is 18.8. The van der Waals surface area contributed by atoms with Gasteiger partial charge in [0.2, 0.25) is 0 Å². The van der Waals surface area contributed by atoms with Gasteiger partial charge in [0.25, 0.3) is 5.91 Å². The van der Waals surface area contributed by atoms with Crippen molar-refractivity contribution in [3.05, 3.63) is 65.0 Å².